The third-order valence-electron chi connectivity index (χ3n) is 2.77. The van der Waals surface area contributed by atoms with E-state index in [-0.39, 0.29) is 6.04 Å². The molecule has 1 atom stereocenters. The predicted octanol–water partition coefficient (Wildman–Crippen LogP) is 3.97. The van der Waals surface area contributed by atoms with Crippen molar-refractivity contribution in [1.82, 2.24) is 0 Å². The summed E-state index contributed by atoms with van der Waals surface area (Å²) in [6.45, 7) is 2.60. The van der Waals surface area contributed by atoms with Crippen molar-refractivity contribution < 1.29 is 9.47 Å². The van der Waals surface area contributed by atoms with Crippen LogP contribution in [0.5, 0.6) is 11.5 Å². The number of thiophene rings is 1. The number of methoxy groups -OCH3 is 1. The molecule has 0 radical (unpaired) electrons. The van der Waals surface area contributed by atoms with Gasteiger partial charge in [-0.1, -0.05) is 6.07 Å². The normalized spacial score (nSPS) is 12.2. The molecule has 3 nitrogen and oxygen atoms in total. The van der Waals surface area contributed by atoms with Crippen molar-refractivity contribution in [3.63, 3.8) is 0 Å². The average molecular weight is 342 g/mol. The smallest absolute Gasteiger partial charge is 0.134 e. The van der Waals surface area contributed by atoms with E-state index in [4.69, 9.17) is 15.2 Å². The average Bonchev–Trinajstić information content (AvgIpc) is 2.88. The molecule has 2 aromatic rings. The minimum Gasteiger partial charge on any atom is -0.496 e. The van der Waals surface area contributed by atoms with Crippen LogP contribution in [0.25, 0.3) is 0 Å². The first kappa shape index (κ1) is 14.4. The summed E-state index contributed by atoms with van der Waals surface area (Å²) in [6.07, 6.45) is 0. The van der Waals surface area contributed by atoms with Crippen molar-refractivity contribution >= 4 is 27.3 Å². The molecule has 2 N–H and O–H groups in total. The Morgan fingerprint density at radius 1 is 1.32 bits per heavy atom. The van der Waals surface area contributed by atoms with E-state index in [1.165, 1.54) is 0 Å². The number of nitrogens with two attached hydrogens (primary N) is 1. The van der Waals surface area contributed by atoms with Crippen LogP contribution in [0.4, 0.5) is 0 Å². The standard InChI is InChI=1S/C14H16BrNO2S/c1-3-18-11-5-4-9(8-10(11)15)13(16)14-12(17-2)6-7-19-14/h4-8,13H,3,16H2,1-2H3. The van der Waals surface area contributed by atoms with Crippen LogP contribution < -0.4 is 15.2 Å². The third kappa shape index (κ3) is 3.11. The Hall–Kier alpha value is -1.04. The van der Waals surface area contributed by atoms with Crippen LogP contribution in [0, 0.1) is 0 Å². The van der Waals surface area contributed by atoms with E-state index in [0.29, 0.717) is 6.61 Å². The van der Waals surface area contributed by atoms with Gasteiger partial charge in [0.1, 0.15) is 11.5 Å². The highest BCUT2D eigenvalue weighted by molar-refractivity contribution is 9.10. The first-order valence-electron chi connectivity index (χ1n) is 5.96. The fourth-order valence-corrected chi connectivity index (χ4v) is 3.24. The van der Waals surface area contributed by atoms with Gasteiger partial charge >= 0.3 is 0 Å². The molecular formula is C14H16BrNO2S. The van der Waals surface area contributed by atoms with Gasteiger partial charge in [0.25, 0.3) is 0 Å². The maximum atomic E-state index is 6.30. The topological polar surface area (TPSA) is 44.5 Å². The fraction of sp³-hybridized carbons (Fsp3) is 0.286. The van der Waals surface area contributed by atoms with Crippen molar-refractivity contribution in [2.75, 3.05) is 13.7 Å². The summed E-state index contributed by atoms with van der Waals surface area (Å²) in [7, 11) is 1.66. The zero-order chi connectivity index (χ0) is 13.8. The van der Waals surface area contributed by atoms with Gasteiger partial charge in [0, 0.05) is 0 Å². The highest BCUT2D eigenvalue weighted by Crippen LogP contribution is 2.35. The molecule has 0 amide bonds. The maximum Gasteiger partial charge on any atom is 0.134 e. The van der Waals surface area contributed by atoms with Crippen LogP contribution in [0.3, 0.4) is 0 Å². The summed E-state index contributed by atoms with van der Waals surface area (Å²) in [6, 6.07) is 7.66. The van der Waals surface area contributed by atoms with Crippen molar-refractivity contribution in [1.29, 1.82) is 0 Å². The van der Waals surface area contributed by atoms with Gasteiger partial charge in [-0.15, -0.1) is 11.3 Å². The zero-order valence-corrected chi connectivity index (χ0v) is 13.3. The van der Waals surface area contributed by atoms with E-state index in [9.17, 15) is 0 Å². The van der Waals surface area contributed by atoms with Crippen LogP contribution in [-0.4, -0.2) is 13.7 Å². The monoisotopic (exact) mass is 341 g/mol. The van der Waals surface area contributed by atoms with Gasteiger partial charge in [-0.3, -0.25) is 0 Å². The first-order valence-corrected chi connectivity index (χ1v) is 7.63. The van der Waals surface area contributed by atoms with E-state index >= 15 is 0 Å². The molecule has 0 aliphatic rings. The summed E-state index contributed by atoms with van der Waals surface area (Å²) in [5.74, 6) is 1.67. The molecule has 0 aliphatic heterocycles. The molecule has 2 rings (SSSR count). The number of rotatable bonds is 5. The molecule has 0 saturated heterocycles. The highest BCUT2D eigenvalue weighted by Gasteiger charge is 2.16. The van der Waals surface area contributed by atoms with Gasteiger partial charge in [0.15, 0.2) is 0 Å². The molecular weight excluding hydrogens is 326 g/mol. The minimum atomic E-state index is -0.193. The largest absolute Gasteiger partial charge is 0.496 e. The van der Waals surface area contributed by atoms with Gasteiger partial charge in [0.2, 0.25) is 0 Å². The molecule has 5 heteroatoms. The van der Waals surface area contributed by atoms with Crippen molar-refractivity contribution in [3.8, 4) is 11.5 Å². The number of hydrogen-bond acceptors (Lipinski definition) is 4. The second-order valence-electron chi connectivity index (χ2n) is 3.95. The Morgan fingerprint density at radius 3 is 2.74 bits per heavy atom. The molecule has 102 valence electrons. The number of halogens is 1. The molecule has 0 saturated carbocycles. The summed E-state index contributed by atoms with van der Waals surface area (Å²) in [4.78, 5) is 1.03. The Balaban J connectivity index is 2.29. The van der Waals surface area contributed by atoms with Gasteiger partial charge in [-0.05, 0) is 52.0 Å². The summed E-state index contributed by atoms with van der Waals surface area (Å²) in [5.41, 5.74) is 7.32. The summed E-state index contributed by atoms with van der Waals surface area (Å²) >= 11 is 5.11. The van der Waals surface area contributed by atoms with E-state index in [1.807, 2.05) is 36.6 Å². The molecule has 1 aromatic heterocycles. The van der Waals surface area contributed by atoms with Gasteiger partial charge in [-0.2, -0.15) is 0 Å². The van der Waals surface area contributed by atoms with E-state index in [2.05, 4.69) is 15.9 Å². The van der Waals surface area contributed by atoms with E-state index in [1.54, 1.807) is 18.4 Å². The van der Waals surface area contributed by atoms with Gasteiger partial charge < -0.3 is 15.2 Å². The summed E-state index contributed by atoms with van der Waals surface area (Å²) < 4.78 is 11.7. The van der Waals surface area contributed by atoms with Crippen LogP contribution >= 0.6 is 27.3 Å². The Kier molecular flexibility index (Phi) is 4.85. The third-order valence-corrected chi connectivity index (χ3v) is 4.38. The van der Waals surface area contributed by atoms with Crippen LogP contribution in [0.15, 0.2) is 34.1 Å². The molecule has 1 unspecified atom stereocenters. The lowest BCUT2D eigenvalue weighted by Gasteiger charge is -2.14. The van der Waals surface area contributed by atoms with Crippen LogP contribution in [0.1, 0.15) is 23.4 Å². The molecule has 0 bridgehead atoms. The van der Waals surface area contributed by atoms with E-state index < -0.39 is 0 Å². The molecule has 0 fully saturated rings. The fourth-order valence-electron chi connectivity index (χ4n) is 1.84. The van der Waals surface area contributed by atoms with E-state index in [0.717, 1.165) is 26.4 Å². The molecule has 0 aliphatic carbocycles. The molecule has 19 heavy (non-hydrogen) atoms. The molecule has 1 aromatic carbocycles. The lowest BCUT2D eigenvalue weighted by Crippen LogP contribution is -2.11. The lowest BCUT2D eigenvalue weighted by atomic mass is 10.1. The molecule has 0 spiro atoms. The lowest BCUT2D eigenvalue weighted by molar-refractivity contribution is 0.338. The Bertz CT molecular complexity index is 556. The second kappa shape index (κ2) is 6.41. The first-order chi connectivity index (χ1) is 9.17. The zero-order valence-electron chi connectivity index (χ0n) is 10.9. The highest BCUT2D eigenvalue weighted by atomic mass is 79.9. The Labute approximate surface area is 125 Å². The quantitative estimate of drug-likeness (QED) is 0.894. The van der Waals surface area contributed by atoms with Crippen molar-refractivity contribution in [2.24, 2.45) is 5.73 Å². The Morgan fingerprint density at radius 2 is 2.11 bits per heavy atom. The van der Waals surface area contributed by atoms with Crippen molar-refractivity contribution in [3.05, 3.63) is 44.6 Å². The number of hydrogen-bond donors (Lipinski definition) is 1. The molecule has 1 heterocycles. The summed E-state index contributed by atoms with van der Waals surface area (Å²) in [5, 5.41) is 1.98. The van der Waals surface area contributed by atoms with Crippen LogP contribution in [-0.2, 0) is 0 Å². The van der Waals surface area contributed by atoms with Crippen molar-refractivity contribution in [2.45, 2.75) is 13.0 Å². The maximum absolute atomic E-state index is 6.30. The second-order valence-corrected chi connectivity index (χ2v) is 5.76. The number of benzene rings is 1. The minimum absolute atomic E-state index is 0.193. The van der Waals surface area contributed by atoms with Gasteiger partial charge in [-0.25, -0.2) is 0 Å². The predicted molar refractivity (Wildman–Crippen MR) is 82.2 cm³/mol. The van der Waals surface area contributed by atoms with Gasteiger partial charge in [0.05, 0.1) is 29.1 Å². The number of ether oxygens (including phenoxy) is 2. The van der Waals surface area contributed by atoms with Crippen LogP contribution in [0.2, 0.25) is 0 Å². The SMILES string of the molecule is CCOc1ccc(C(N)c2sccc2OC)cc1Br.